The number of aryl methyl sites for hydroxylation is 1. The first-order valence-electron chi connectivity index (χ1n) is 7.56. The van der Waals surface area contributed by atoms with E-state index in [0.717, 1.165) is 38.0 Å². The van der Waals surface area contributed by atoms with Crippen molar-refractivity contribution in [2.24, 2.45) is 0 Å². The van der Waals surface area contributed by atoms with E-state index in [1.54, 1.807) is 30.3 Å². The van der Waals surface area contributed by atoms with Crippen LogP contribution >= 0.6 is 11.3 Å². The average molecular weight is 309 g/mol. The minimum atomic E-state index is -0.247. The number of hydrogen-bond donors (Lipinski definition) is 0. The van der Waals surface area contributed by atoms with Gasteiger partial charge < -0.3 is 9.64 Å². The zero-order valence-corrected chi connectivity index (χ0v) is 13.7. The predicted molar refractivity (Wildman–Crippen MR) is 82.3 cm³/mol. The van der Waals surface area contributed by atoms with E-state index in [9.17, 15) is 4.79 Å². The number of rotatable bonds is 3. The summed E-state index contributed by atoms with van der Waals surface area (Å²) in [7, 11) is 3.59. The Balaban J connectivity index is 1.60. The molecule has 0 bridgehead atoms. The van der Waals surface area contributed by atoms with Gasteiger partial charge in [-0.15, -0.1) is 11.3 Å². The molecule has 2 aliphatic rings. The molecule has 5 nitrogen and oxygen atoms in total. The van der Waals surface area contributed by atoms with E-state index < -0.39 is 0 Å². The first-order valence-corrected chi connectivity index (χ1v) is 8.44. The van der Waals surface area contributed by atoms with Crippen molar-refractivity contribution in [3.63, 3.8) is 0 Å². The molecule has 0 aliphatic carbocycles. The second kappa shape index (κ2) is 6.02. The largest absolute Gasteiger partial charge is 0.363 e. The Bertz CT molecular complexity index is 517. The molecule has 0 N–H and O–H groups in total. The monoisotopic (exact) mass is 309 g/mol. The van der Waals surface area contributed by atoms with Gasteiger partial charge in [-0.1, -0.05) is 0 Å². The van der Waals surface area contributed by atoms with Crippen molar-refractivity contribution in [2.45, 2.75) is 51.0 Å². The molecule has 3 atom stereocenters. The van der Waals surface area contributed by atoms with Crippen molar-refractivity contribution in [1.29, 1.82) is 0 Å². The fraction of sp³-hybridized carbons (Fsp3) is 0.733. The minimum absolute atomic E-state index is 0.0995. The molecule has 0 saturated carbocycles. The van der Waals surface area contributed by atoms with Crippen molar-refractivity contribution in [1.82, 2.24) is 14.8 Å². The number of carbonyl (C=O) groups is 1. The van der Waals surface area contributed by atoms with Gasteiger partial charge in [-0.05, 0) is 26.2 Å². The van der Waals surface area contributed by atoms with Crippen LogP contribution < -0.4 is 0 Å². The summed E-state index contributed by atoms with van der Waals surface area (Å²) in [5.41, 5.74) is 1.10. The van der Waals surface area contributed by atoms with E-state index in [1.807, 2.05) is 6.92 Å². The maximum atomic E-state index is 12.0. The van der Waals surface area contributed by atoms with E-state index in [0.29, 0.717) is 6.04 Å². The summed E-state index contributed by atoms with van der Waals surface area (Å²) in [5.74, 6) is 0.0995. The molecule has 0 spiro atoms. The summed E-state index contributed by atoms with van der Waals surface area (Å²) < 4.78 is 6.06. The van der Waals surface area contributed by atoms with Crippen LogP contribution in [0.5, 0.6) is 0 Å². The second-order valence-electron chi connectivity index (χ2n) is 6.18. The first-order chi connectivity index (χ1) is 10.0. The molecule has 0 aromatic carbocycles. The van der Waals surface area contributed by atoms with Crippen molar-refractivity contribution in [2.75, 3.05) is 20.6 Å². The molecule has 2 aliphatic heterocycles. The van der Waals surface area contributed by atoms with Crippen LogP contribution in [0, 0.1) is 6.92 Å². The number of amides is 1. The molecule has 3 rings (SSSR count). The number of thiazole rings is 1. The molecule has 0 unspecified atom stereocenters. The topological polar surface area (TPSA) is 45.7 Å². The highest BCUT2D eigenvalue weighted by Gasteiger charge is 2.42. The first kappa shape index (κ1) is 14.9. The highest BCUT2D eigenvalue weighted by molar-refractivity contribution is 7.09. The van der Waals surface area contributed by atoms with Gasteiger partial charge in [-0.25, -0.2) is 4.98 Å². The van der Waals surface area contributed by atoms with Crippen LogP contribution in [0.4, 0.5) is 0 Å². The zero-order valence-electron chi connectivity index (χ0n) is 12.9. The summed E-state index contributed by atoms with van der Waals surface area (Å²) in [5, 5.41) is 3.28. The van der Waals surface area contributed by atoms with Gasteiger partial charge in [-0.3, -0.25) is 9.69 Å². The molecule has 3 heterocycles. The Morgan fingerprint density at radius 1 is 1.48 bits per heavy atom. The number of carbonyl (C=O) groups excluding carboxylic acids is 1. The predicted octanol–water partition coefficient (Wildman–Crippen LogP) is 1.66. The maximum Gasteiger partial charge on any atom is 0.251 e. The summed E-state index contributed by atoms with van der Waals surface area (Å²) in [4.78, 5) is 20.7. The maximum absolute atomic E-state index is 12.0. The molecule has 6 heteroatoms. The Morgan fingerprint density at radius 2 is 2.29 bits per heavy atom. The molecular formula is C15H23N3O2S. The van der Waals surface area contributed by atoms with Gasteiger partial charge in [0.25, 0.3) is 5.91 Å². The van der Waals surface area contributed by atoms with Crippen LogP contribution in [-0.4, -0.2) is 59.6 Å². The van der Waals surface area contributed by atoms with Gasteiger partial charge in [0.15, 0.2) is 0 Å². The van der Waals surface area contributed by atoms with E-state index in [4.69, 9.17) is 4.74 Å². The van der Waals surface area contributed by atoms with Crippen LogP contribution in [0.2, 0.25) is 0 Å². The van der Waals surface area contributed by atoms with E-state index >= 15 is 0 Å². The smallest absolute Gasteiger partial charge is 0.251 e. The number of likely N-dealkylation sites (tertiary alicyclic amines) is 1. The molecule has 0 radical (unpaired) electrons. The zero-order chi connectivity index (χ0) is 15.0. The third-order valence-electron chi connectivity index (χ3n) is 4.38. The summed E-state index contributed by atoms with van der Waals surface area (Å²) >= 11 is 1.73. The number of fused-ring (bicyclic) bond motifs is 1. The molecule has 2 saturated heterocycles. The average Bonchev–Trinajstić information content (AvgIpc) is 3.05. The Morgan fingerprint density at radius 3 is 2.95 bits per heavy atom. The molecular weight excluding hydrogens is 286 g/mol. The lowest BCUT2D eigenvalue weighted by Crippen LogP contribution is -2.47. The third-order valence-corrected chi connectivity index (χ3v) is 5.34. The highest BCUT2D eigenvalue weighted by Crippen LogP contribution is 2.33. The van der Waals surface area contributed by atoms with Crippen LogP contribution in [0.1, 0.15) is 30.0 Å². The van der Waals surface area contributed by atoms with Gasteiger partial charge >= 0.3 is 0 Å². The summed E-state index contributed by atoms with van der Waals surface area (Å²) in [6.45, 7) is 3.99. The quantitative estimate of drug-likeness (QED) is 0.852. The van der Waals surface area contributed by atoms with Gasteiger partial charge in [0.1, 0.15) is 11.1 Å². The molecule has 1 aromatic rings. The second-order valence-corrected chi connectivity index (χ2v) is 7.12. The SMILES string of the molecule is Cc1csc(CN2CC[C@@H]3O[C@H](C(=O)N(C)C)CC[C@@H]32)n1. The number of ether oxygens (including phenoxy) is 1. The van der Waals surface area contributed by atoms with Crippen molar-refractivity contribution in [3.8, 4) is 0 Å². The highest BCUT2D eigenvalue weighted by atomic mass is 32.1. The van der Waals surface area contributed by atoms with Crippen LogP contribution in [0.25, 0.3) is 0 Å². The Kier molecular flexibility index (Phi) is 4.28. The van der Waals surface area contributed by atoms with E-state index in [-0.39, 0.29) is 18.1 Å². The van der Waals surface area contributed by atoms with Crippen molar-refractivity contribution in [3.05, 3.63) is 16.1 Å². The van der Waals surface area contributed by atoms with Crippen LogP contribution in [0.3, 0.4) is 0 Å². The molecule has 1 amide bonds. The Labute approximate surface area is 129 Å². The minimum Gasteiger partial charge on any atom is -0.363 e. The standard InChI is InChI=1S/C15H23N3O2S/c1-10-9-21-14(16-10)8-18-7-6-12-11(18)4-5-13(20-12)15(19)17(2)3/h9,11-13H,4-8H2,1-3H3/t11-,12-,13-/m0/s1. The van der Waals surface area contributed by atoms with Gasteiger partial charge in [0, 0.05) is 37.8 Å². The van der Waals surface area contributed by atoms with Crippen molar-refractivity contribution >= 4 is 17.2 Å². The van der Waals surface area contributed by atoms with Crippen LogP contribution in [0.15, 0.2) is 5.38 Å². The van der Waals surface area contributed by atoms with Crippen molar-refractivity contribution < 1.29 is 9.53 Å². The third kappa shape index (κ3) is 3.12. The van der Waals surface area contributed by atoms with Gasteiger partial charge in [-0.2, -0.15) is 0 Å². The van der Waals surface area contributed by atoms with E-state index in [1.165, 1.54) is 5.01 Å². The lowest BCUT2D eigenvalue weighted by atomic mass is 9.98. The summed E-state index contributed by atoms with van der Waals surface area (Å²) in [6, 6.07) is 0.445. The fourth-order valence-electron chi connectivity index (χ4n) is 3.33. The molecule has 116 valence electrons. The lowest BCUT2D eigenvalue weighted by molar-refractivity contribution is -0.152. The normalized spacial score (nSPS) is 29.4. The van der Waals surface area contributed by atoms with Gasteiger partial charge in [0.05, 0.1) is 12.6 Å². The molecule has 1 aromatic heterocycles. The lowest BCUT2D eigenvalue weighted by Gasteiger charge is -2.36. The number of aromatic nitrogens is 1. The Hall–Kier alpha value is -0.980. The van der Waals surface area contributed by atoms with Crippen LogP contribution in [-0.2, 0) is 16.1 Å². The molecule has 21 heavy (non-hydrogen) atoms. The summed E-state index contributed by atoms with van der Waals surface area (Å²) in [6.07, 6.45) is 2.84. The number of likely N-dealkylation sites (N-methyl/N-ethyl adjacent to an activating group) is 1. The fourth-order valence-corrected chi connectivity index (χ4v) is 4.13. The number of hydrogen-bond acceptors (Lipinski definition) is 5. The van der Waals surface area contributed by atoms with E-state index in [2.05, 4.69) is 15.3 Å². The number of nitrogens with zero attached hydrogens (tertiary/aromatic N) is 3. The van der Waals surface area contributed by atoms with Gasteiger partial charge in [0.2, 0.25) is 0 Å². The molecule has 2 fully saturated rings.